The van der Waals surface area contributed by atoms with E-state index in [0.29, 0.717) is 56.6 Å². The van der Waals surface area contributed by atoms with Crippen LogP contribution in [0.25, 0.3) is 60.9 Å². The third-order valence-corrected chi connectivity index (χ3v) is 22.1. The van der Waals surface area contributed by atoms with E-state index < -0.39 is 172 Å². The topological polar surface area (TPSA) is 305 Å². The summed E-state index contributed by atoms with van der Waals surface area (Å²) in [5.41, 5.74) is 6.12. The van der Waals surface area contributed by atoms with Crippen LogP contribution in [0.3, 0.4) is 0 Å². The van der Waals surface area contributed by atoms with Gasteiger partial charge in [-0.05, 0) is 163 Å². The van der Waals surface area contributed by atoms with Crippen LogP contribution in [0, 0.1) is 98.9 Å². The van der Waals surface area contributed by atoms with Crippen LogP contribution in [-0.2, 0) is 30.4 Å². The predicted octanol–water partition coefficient (Wildman–Crippen LogP) is 17.6. The van der Waals surface area contributed by atoms with Gasteiger partial charge in [0, 0.05) is 61.8 Å². The Hall–Kier alpha value is -13.0. The molecule has 4 aromatic heterocycles. The highest BCUT2D eigenvalue weighted by Gasteiger charge is 2.35. The van der Waals surface area contributed by atoms with Crippen molar-refractivity contribution in [3.63, 3.8) is 0 Å². The van der Waals surface area contributed by atoms with Crippen molar-refractivity contribution in [3.05, 3.63) is 351 Å². The van der Waals surface area contributed by atoms with Gasteiger partial charge in [-0.2, -0.15) is 71.4 Å². The number of hydrogen-bond donors (Lipinski definition) is 2. The van der Waals surface area contributed by atoms with Crippen molar-refractivity contribution in [2.24, 2.45) is 0 Å². The molecule has 23 nitrogen and oxygen atoms in total. The summed E-state index contributed by atoms with van der Waals surface area (Å²) in [4.78, 5) is 43.6. The first kappa shape index (κ1) is 101. The summed E-state index contributed by atoms with van der Waals surface area (Å²) < 4.78 is 345. The molecule has 0 aliphatic rings. The van der Waals surface area contributed by atoms with Crippen LogP contribution in [0.1, 0.15) is 0 Å². The third-order valence-electron chi connectivity index (χ3n) is 17.5. The second-order valence-electron chi connectivity index (χ2n) is 25.3. The van der Waals surface area contributed by atoms with Gasteiger partial charge < -0.3 is 42.2 Å². The fraction of sp³-hybridized carbons (Fsp3) is 0.0366. The van der Waals surface area contributed by atoms with Crippen molar-refractivity contribution < 1.29 is 136 Å². The summed E-state index contributed by atoms with van der Waals surface area (Å²) >= 11 is 6.60. The number of fused-ring (bicyclic) bond motifs is 3. The van der Waals surface area contributed by atoms with Crippen molar-refractivity contribution in [1.29, 1.82) is 0 Å². The molecule has 48 heteroatoms. The number of aromatic nitrogens is 5. The van der Waals surface area contributed by atoms with Gasteiger partial charge in [-0.3, -0.25) is 28.1 Å². The van der Waals surface area contributed by atoms with Crippen LogP contribution in [-0.4, -0.2) is 83.0 Å². The zero-order valence-electron chi connectivity index (χ0n) is 65.4. The molecule has 1 radical (unpaired) electrons. The molecule has 2 atom stereocenters. The van der Waals surface area contributed by atoms with Gasteiger partial charge in [0.05, 0.1) is 54.9 Å². The molecular formula is C82H53BBr2F17N6O17P2S3. The number of nitrogen functional groups attached to an aromatic ring is 1. The van der Waals surface area contributed by atoms with E-state index >= 15 is 0 Å². The maximum Gasteiger partial charge on any atom is 0.569 e. The average molecular weight is 2050 g/mol. The van der Waals surface area contributed by atoms with E-state index in [1.165, 1.54) is 114 Å². The van der Waals surface area contributed by atoms with E-state index in [4.69, 9.17) is 25.0 Å². The quantitative estimate of drug-likeness (QED) is 0.0201. The van der Waals surface area contributed by atoms with Gasteiger partial charge in [0.1, 0.15) is 49.3 Å². The number of benzene rings is 11. The van der Waals surface area contributed by atoms with Gasteiger partial charge in [0.25, 0.3) is 16.7 Å². The highest BCUT2D eigenvalue weighted by Crippen LogP contribution is 2.39. The lowest BCUT2D eigenvalue weighted by Gasteiger charge is -2.16. The van der Waals surface area contributed by atoms with Gasteiger partial charge in [0.15, 0.2) is 0 Å². The largest absolute Gasteiger partial charge is 0.569 e. The predicted molar refractivity (Wildman–Crippen MR) is 455 cm³/mol. The van der Waals surface area contributed by atoms with Crippen LogP contribution in [0.5, 0.6) is 40.2 Å². The molecule has 0 fully saturated rings. The van der Waals surface area contributed by atoms with Crippen molar-refractivity contribution in [3.8, 4) is 68.4 Å². The van der Waals surface area contributed by atoms with Crippen LogP contribution >= 0.6 is 51.7 Å². The Morgan fingerprint density at radius 3 is 0.946 bits per heavy atom. The van der Waals surface area contributed by atoms with Gasteiger partial charge in [-0.15, -0.1) is 0 Å². The summed E-state index contributed by atoms with van der Waals surface area (Å²) in [6.07, 6.45) is 3.20. The minimum absolute atomic E-state index is 0. The molecule has 0 amide bonds. The molecule has 15 aromatic rings. The minimum atomic E-state index is -5.13. The zero-order chi connectivity index (χ0) is 93.5. The molecule has 130 heavy (non-hydrogen) atoms. The van der Waals surface area contributed by atoms with Crippen LogP contribution < -0.4 is 53.8 Å². The fourth-order valence-electron chi connectivity index (χ4n) is 11.6. The maximum absolute atomic E-state index is 14.1. The Kier molecular flexibility index (Phi) is 32.6. The summed E-state index contributed by atoms with van der Waals surface area (Å²) in [5.74, 6) is -41.6. The first-order valence-corrected chi connectivity index (χ1v) is 40.8. The number of methoxy groups -OCH3 is 3. The number of rotatable bonds is 18. The molecule has 0 aliphatic carbocycles. The molecular weight excluding hydrogens is 1990 g/mol. The highest BCUT2D eigenvalue weighted by molar-refractivity contribution is 9.10. The zero-order valence-corrected chi connectivity index (χ0v) is 73.8. The number of pyridine rings is 3. The molecule has 3 N–H and O–H groups in total. The van der Waals surface area contributed by atoms with Crippen molar-refractivity contribution in [2.45, 2.75) is 14.7 Å². The second kappa shape index (κ2) is 42.1. The molecule has 4 heterocycles. The van der Waals surface area contributed by atoms with Gasteiger partial charge in [0.2, 0.25) is 110 Å². The molecule has 0 aliphatic heterocycles. The molecule has 0 bridgehead atoms. The van der Waals surface area contributed by atoms with Gasteiger partial charge in [-0.1, -0.05) is 56.1 Å². The van der Waals surface area contributed by atoms with Gasteiger partial charge >= 0.3 is 38.0 Å². The SMILES string of the molecule is COc1ccc(-c2cccc(F)c2)cc1-n1c(=O)ccc2cc(S(=O)(=O)Oc3c(F)c(F)c(F)c(F)c3F)ccc21.COc1ccc(Br)cc1-n1c(=O)ccc2cc(S(=O)(=O)Oc3c(F)c(F)c(F)c(F)c3F)ccc21.COc1ccc(Br)cc1-n1c(=O)ccc2cc(S(=O)(=O)Oc3c(F)c(F)c(F)c(F)c3F)ccc21.Nc1ncccn1.O[B]Oc1cccc(F)c1.P.P. The second-order valence-corrected chi connectivity index (χ2v) is 31.8. The third kappa shape index (κ3) is 21.8. The van der Waals surface area contributed by atoms with Crippen molar-refractivity contribution >= 4 is 128 Å². The standard InChI is InChI=1S/C28H15F6NO5S.2C22H11BrF5NO5S.C6H5BFO2.C4H5N3.2H3P/c1-39-21-9-5-15(14-3-2-4-17(29)11-14)13-20(21)35-19-8-7-18(12-16(19)6-10-22(35)36)41(37,38)40-28-26(33)24(31)23(30)25(32)27(28)34;2*1-33-15-6-3-11(23)9-14(15)29-13-5-4-12(8-10(13)2-7-16(29)30)35(31,32)34-22-20(27)18(25)17(24)19(26)21(22)28;8-5-2-1-3-6(4-5)10-7-9;5-4-6-2-1-3-7-4;;/h2-13H,1H3;2*2-9H,1H3;1-4,9H;1-3H,(H2,5,6,7);2*1H3. The Bertz CT molecular complexity index is 7160. The Morgan fingerprint density at radius 1 is 0.346 bits per heavy atom. The fourth-order valence-corrected chi connectivity index (χ4v) is 15.2. The summed E-state index contributed by atoms with van der Waals surface area (Å²) in [6.45, 7) is 0. The first-order chi connectivity index (χ1) is 60.6. The highest BCUT2D eigenvalue weighted by atomic mass is 79.9. The van der Waals surface area contributed by atoms with E-state index in [-0.39, 0.29) is 75.5 Å². The molecule has 15 rings (SSSR count). The molecule has 11 aromatic carbocycles. The van der Waals surface area contributed by atoms with E-state index in [1.54, 1.807) is 79.1 Å². The molecule has 2 unspecified atom stereocenters. The summed E-state index contributed by atoms with van der Waals surface area (Å²) in [6, 6.07) is 44.1. The van der Waals surface area contributed by atoms with E-state index in [0.717, 1.165) is 54.6 Å². The van der Waals surface area contributed by atoms with E-state index in [1.807, 2.05) is 0 Å². The first-order valence-electron chi connectivity index (χ1n) is 34.9. The number of halogens is 19. The average Bonchev–Trinajstić information content (AvgIpc) is 0.744. The summed E-state index contributed by atoms with van der Waals surface area (Å²) in [7, 11) is -10.6. The Balaban J connectivity index is 0.000000200. The van der Waals surface area contributed by atoms with Crippen LogP contribution in [0.15, 0.2) is 251 Å². The summed E-state index contributed by atoms with van der Waals surface area (Å²) in [5, 5.41) is 8.61. The lowest BCUT2D eigenvalue weighted by atomic mass is 10.0. The molecule has 677 valence electrons. The number of nitrogens with zero attached hydrogens (tertiary/aromatic N) is 5. The Labute approximate surface area is 745 Å². The Morgan fingerprint density at radius 2 is 0.646 bits per heavy atom. The monoisotopic (exact) mass is 2040 g/mol. The maximum atomic E-state index is 14.1. The molecule has 0 saturated carbocycles. The molecule has 0 spiro atoms. The minimum Gasteiger partial charge on any atom is -0.537 e. The van der Waals surface area contributed by atoms with Gasteiger partial charge in [-0.25, -0.2) is 58.3 Å². The lowest BCUT2D eigenvalue weighted by Crippen LogP contribution is -2.19. The number of ether oxygens (including phenoxy) is 3. The number of hydrogen-bond acceptors (Lipinski definition) is 20. The van der Waals surface area contributed by atoms with E-state index in [2.05, 4.69) is 59.0 Å². The number of nitrogens with two attached hydrogens (primary N) is 1. The van der Waals surface area contributed by atoms with Crippen molar-refractivity contribution in [1.82, 2.24) is 23.7 Å². The van der Waals surface area contributed by atoms with E-state index in [9.17, 15) is 114 Å². The molecule has 0 saturated heterocycles. The normalized spacial score (nSPS) is 11.1. The van der Waals surface area contributed by atoms with Crippen LogP contribution in [0.2, 0.25) is 0 Å². The van der Waals surface area contributed by atoms with Crippen molar-refractivity contribution in [2.75, 3.05) is 27.1 Å². The van der Waals surface area contributed by atoms with Crippen LogP contribution in [0.4, 0.5) is 80.6 Å². The lowest BCUT2D eigenvalue weighted by molar-refractivity contribution is 0.346. The number of anilines is 1. The smallest absolute Gasteiger partial charge is 0.537 e.